The molecule has 0 radical (unpaired) electrons. The Morgan fingerprint density at radius 3 is 2.78 bits per heavy atom. The molecule has 3 rings (SSSR count). The molecule has 0 atom stereocenters. The molecule has 18 heavy (non-hydrogen) atoms. The van der Waals surface area contributed by atoms with Gasteiger partial charge in [0.15, 0.2) is 0 Å². The number of fused-ring (bicyclic) bond motifs is 3. The van der Waals surface area contributed by atoms with E-state index in [1.807, 2.05) is 18.2 Å². The minimum atomic E-state index is -0.288. The Bertz CT molecular complexity index is 593. The van der Waals surface area contributed by atoms with Gasteiger partial charge < -0.3 is 9.84 Å². The minimum Gasteiger partial charge on any atom is -0.492 e. The first-order chi connectivity index (χ1) is 8.78. The summed E-state index contributed by atoms with van der Waals surface area (Å²) in [5.74, 6) is 0.301. The third kappa shape index (κ3) is 1.87. The second-order valence-electron chi connectivity index (χ2n) is 4.39. The van der Waals surface area contributed by atoms with Gasteiger partial charge in [0.25, 0.3) is 0 Å². The van der Waals surface area contributed by atoms with Crippen LogP contribution in [0.4, 0.5) is 4.39 Å². The molecule has 1 aliphatic heterocycles. The third-order valence-electron chi connectivity index (χ3n) is 3.22. The summed E-state index contributed by atoms with van der Waals surface area (Å²) in [6.45, 7) is 0.558. The standard InChI is InChI=1S/C15H13FO2/c16-12-2-4-14-13-3-1-10(9-17)7-11(13)5-6-18-15(14)8-12/h1-4,7-8,17H,5-6,9H2. The van der Waals surface area contributed by atoms with Gasteiger partial charge >= 0.3 is 0 Å². The molecule has 1 N–H and O–H groups in total. The van der Waals surface area contributed by atoms with E-state index < -0.39 is 0 Å². The smallest absolute Gasteiger partial charge is 0.130 e. The molecular weight excluding hydrogens is 231 g/mol. The highest BCUT2D eigenvalue weighted by molar-refractivity contribution is 5.74. The first-order valence-electron chi connectivity index (χ1n) is 5.93. The van der Waals surface area contributed by atoms with Crippen LogP contribution in [0.25, 0.3) is 11.1 Å². The van der Waals surface area contributed by atoms with Crippen molar-refractivity contribution in [1.29, 1.82) is 0 Å². The van der Waals surface area contributed by atoms with Crippen LogP contribution in [-0.4, -0.2) is 11.7 Å². The van der Waals surface area contributed by atoms with E-state index >= 15 is 0 Å². The molecule has 1 aliphatic rings. The monoisotopic (exact) mass is 244 g/mol. The van der Waals surface area contributed by atoms with E-state index in [-0.39, 0.29) is 12.4 Å². The SMILES string of the molecule is OCc1ccc2c(c1)CCOc1cc(F)ccc1-2. The maximum absolute atomic E-state index is 13.2. The molecule has 0 aromatic heterocycles. The lowest BCUT2D eigenvalue weighted by molar-refractivity contribution is 0.281. The van der Waals surface area contributed by atoms with E-state index in [4.69, 9.17) is 9.84 Å². The molecule has 3 heteroatoms. The Hall–Kier alpha value is -1.87. The van der Waals surface area contributed by atoms with Crippen LogP contribution in [-0.2, 0) is 13.0 Å². The van der Waals surface area contributed by atoms with Crippen LogP contribution >= 0.6 is 0 Å². The molecular formula is C15H13FO2. The van der Waals surface area contributed by atoms with Gasteiger partial charge in [-0.2, -0.15) is 0 Å². The zero-order valence-corrected chi connectivity index (χ0v) is 9.82. The Balaban J connectivity index is 2.18. The number of ether oxygens (including phenoxy) is 1. The Kier molecular flexibility index (Phi) is 2.76. The van der Waals surface area contributed by atoms with Gasteiger partial charge in [-0.15, -0.1) is 0 Å². The molecule has 0 aliphatic carbocycles. The van der Waals surface area contributed by atoms with Crippen molar-refractivity contribution < 1.29 is 14.2 Å². The predicted molar refractivity (Wildman–Crippen MR) is 67.0 cm³/mol. The summed E-state index contributed by atoms with van der Waals surface area (Å²) in [7, 11) is 0. The highest BCUT2D eigenvalue weighted by atomic mass is 19.1. The van der Waals surface area contributed by atoms with Gasteiger partial charge in [-0.1, -0.05) is 18.2 Å². The molecule has 0 saturated heterocycles. The summed E-state index contributed by atoms with van der Waals surface area (Å²) in [5, 5.41) is 9.16. The average Bonchev–Trinajstić information content (AvgIpc) is 2.56. The number of hydrogen-bond donors (Lipinski definition) is 1. The molecule has 92 valence electrons. The van der Waals surface area contributed by atoms with E-state index in [1.54, 1.807) is 6.07 Å². The number of aliphatic hydroxyl groups is 1. The van der Waals surface area contributed by atoms with Crippen molar-refractivity contribution >= 4 is 0 Å². The van der Waals surface area contributed by atoms with Crippen LogP contribution in [0.3, 0.4) is 0 Å². The predicted octanol–water partition coefficient (Wildman–Crippen LogP) is 2.92. The lowest BCUT2D eigenvalue weighted by atomic mass is 9.96. The van der Waals surface area contributed by atoms with Gasteiger partial charge in [0, 0.05) is 18.1 Å². The quantitative estimate of drug-likeness (QED) is 0.835. The zero-order chi connectivity index (χ0) is 12.5. The summed E-state index contributed by atoms with van der Waals surface area (Å²) < 4.78 is 18.8. The van der Waals surface area contributed by atoms with Crippen LogP contribution < -0.4 is 4.74 Å². The summed E-state index contributed by atoms with van der Waals surface area (Å²) in [6, 6.07) is 10.4. The lowest BCUT2D eigenvalue weighted by Crippen LogP contribution is -1.99. The fourth-order valence-corrected chi connectivity index (χ4v) is 2.32. The van der Waals surface area contributed by atoms with Gasteiger partial charge in [-0.25, -0.2) is 4.39 Å². The van der Waals surface area contributed by atoms with E-state index in [1.165, 1.54) is 12.1 Å². The molecule has 0 amide bonds. The largest absolute Gasteiger partial charge is 0.492 e. The maximum atomic E-state index is 13.2. The van der Waals surface area contributed by atoms with Crippen molar-refractivity contribution in [1.82, 2.24) is 0 Å². The fourth-order valence-electron chi connectivity index (χ4n) is 2.32. The van der Waals surface area contributed by atoms with Crippen molar-refractivity contribution in [3.8, 4) is 16.9 Å². The Morgan fingerprint density at radius 1 is 1.11 bits per heavy atom. The second-order valence-corrected chi connectivity index (χ2v) is 4.39. The van der Waals surface area contributed by atoms with Crippen LogP contribution in [0, 0.1) is 5.82 Å². The van der Waals surface area contributed by atoms with Gasteiger partial charge in [0.1, 0.15) is 11.6 Å². The van der Waals surface area contributed by atoms with Crippen molar-refractivity contribution in [2.45, 2.75) is 13.0 Å². The van der Waals surface area contributed by atoms with Crippen molar-refractivity contribution in [3.63, 3.8) is 0 Å². The fraction of sp³-hybridized carbons (Fsp3) is 0.200. The number of hydrogen-bond acceptors (Lipinski definition) is 2. The molecule has 1 heterocycles. The summed E-state index contributed by atoms with van der Waals surface area (Å²) in [6.07, 6.45) is 0.763. The number of benzene rings is 2. The molecule has 2 nitrogen and oxygen atoms in total. The molecule has 0 bridgehead atoms. The maximum Gasteiger partial charge on any atom is 0.130 e. The summed E-state index contributed by atoms with van der Waals surface area (Å²) >= 11 is 0. The molecule has 0 spiro atoms. The van der Waals surface area contributed by atoms with Gasteiger partial charge in [-0.05, 0) is 28.8 Å². The number of rotatable bonds is 1. The van der Waals surface area contributed by atoms with Crippen molar-refractivity contribution in [2.24, 2.45) is 0 Å². The molecule has 2 aromatic carbocycles. The van der Waals surface area contributed by atoms with Crippen LogP contribution in [0.2, 0.25) is 0 Å². The lowest BCUT2D eigenvalue weighted by Gasteiger charge is -2.09. The van der Waals surface area contributed by atoms with Gasteiger partial charge in [0.05, 0.1) is 13.2 Å². The van der Waals surface area contributed by atoms with E-state index in [9.17, 15) is 4.39 Å². The average molecular weight is 244 g/mol. The van der Waals surface area contributed by atoms with Crippen LogP contribution in [0.5, 0.6) is 5.75 Å². The minimum absolute atomic E-state index is 0.0322. The molecule has 0 fully saturated rings. The van der Waals surface area contributed by atoms with Crippen molar-refractivity contribution in [3.05, 3.63) is 53.3 Å². The Labute approximate surface area is 105 Å². The summed E-state index contributed by atoms with van der Waals surface area (Å²) in [4.78, 5) is 0. The van der Waals surface area contributed by atoms with Crippen LogP contribution in [0.1, 0.15) is 11.1 Å². The van der Waals surface area contributed by atoms with Crippen LogP contribution in [0.15, 0.2) is 36.4 Å². The van der Waals surface area contributed by atoms with E-state index in [0.717, 1.165) is 28.7 Å². The Morgan fingerprint density at radius 2 is 1.94 bits per heavy atom. The normalized spacial score (nSPS) is 13.2. The number of aliphatic hydroxyl groups excluding tert-OH is 1. The highest BCUT2D eigenvalue weighted by Gasteiger charge is 2.16. The van der Waals surface area contributed by atoms with E-state index in [2.05, 4.69) is 0 Å². The summed E-state index contributed by atoms with van der Waals surface area (Å²) in [5.41, 5.74) is 3.99. The second kappa shape index (κ2) is 4.42. The van der Waals surface area contributed by atoms with E-state index in [0.29, 0.717) is 12.4 Å². The topological polar surface area (TPSA) is 29.5 Å². The first-order valence-corrected chi connectivity index (χ1v) is 5.93. The molecule has 0 unspecified atom stereocenters. The van der Waals surface area contributed by atoms with Crippen molar-refractivity contribution in [2.75, 3.05) is 6.61 Å². The van der Waals surface area contributed by atoms with Gasteiger partial charge in [-0.3, -0.25) is 0 Å². The number of halogens is 1. The zero-order valence-electron chi connectivity index (χ0n) is 9.82. The molecule has 2 aromatic rings. The third-order valence-corrected chi connectivity index (χ3v) is 3.22. The molecule has 0 saturated carbocycles. The first kappa shape index (κ1) is 11.2. The highest BCUT2D eigenvalue weighted by Crippen LogP contribution is 2.36. The van der Waals surface area contributed by atoms with Gasteiger partial charge in [0.2, 0.25) is 0 Å².